The van der Waals surface area contributed by atoms with Crippen LogP contribution < -0.4 is 0 Å². The first-order valence-corrected chi connectivity index (χ1v) is 8.70. The van der Waals surface area contributed by atoms with E-state index >= 15 is 0 Å². The molecule has 0 aromatic rings. The van der Waals surface area contributed by atoms with Crippen LogP contribution in [0.15, 0.2) is 0 Å². The van der Waals surface area contributed by atoms with Gasteiger partial charge in [-0.05, 0) is 19.8 Å². The minimum absolute atomic E-state index is 0.0103. The molecule has 0 heterocycles. The smallest absolute Gasteiger partial charge is 0.248 e. The zero-order valence-electron chi connectivity index (χ0n) is 11.1. The molecule has 17 heavy (non-hydrogen) atoms. The minimum atomic E-state index is -3.76. The molecule has 6 heteroatoms. The van der Waals surface area contributed by atoms with Gasteiger partial charge in [-0.15, -0.1) is 0 Å². The van der Waals surface area contributed by atoms with Crippen LogP contribution in [-0.4, -0.2) is 20.7 Å². The molecular formula is C11H25O4PS. The summed E-state index contributed by atoms with van der Waals surface area (Å²) < 4.78 is 31.9. The van der Waals surface area contributed by atoms with E-state index in [9.17, 15) is 8.42 Å². The summed E-state index contributed by atoms with van der Waals surface area (Å²) in [5.41, 5.74) is 0.349. The highest BCUT2D eigenvalue weighted by Gasteiger charge is 2.15. The van der Waals surface area contributed by atoms with Crippen LogP contribution in [0.1, 0.15) is 59.3 Å². The van der Waals surface area contributed by atoms with E-state index in [1.165, 1.54) is 12.8 Å². The van der Waals surface area contributed by atoms with Gasteiger partial charge in [-0.25, -0.2) is 8.15 Å². The lowest BCUT2D eigenvalue weighted by Gasteiger charge is -2.15. The van der Waals surface area contributed by atoms with Crippen molar-refractivity contribution in [3.63, 3.8) is 0 Å². The number of hydrogen-bond donors (Lipinski definition) is 0. The molecule has 0 aliphatic rings. The van der Waals surface area contributed by atoms with Crippen LogP contribution in [-0.2, 0) is 18.6 Å². The average Bonchev–Trinajstić information content (AvgIpc) is 2.26. The van der Waals surface area contributed by atoms with Crippen LogP contribution in [0.2, 0.25) is 0 Å². The van der Waals surface area contributed by atoms with Crippen molar-refractivity contribution in [2.24, 2.45) is 0 Å². The van der Waals surface area contributed by atoms with Gasteiger partial charge in [0, 0.05) is 14.5 Å². The molecule has 0 bridgehead atoms. The average molecular weight is 284 g/mol. The molecule has 0 amide bonds. The zero-order valence-corrected chi connectivity index (χ0v) is 12.9. The van der Waals surface area contributed by atoms with Crippen molar-refractivity contribution >= 4 is 19.2 Å². The maximum atomic E-state index is 11.2. The normalized spacial score (nSPS) is 14.5. The Kier molecular flexibility index (Phi) is 10.4. The summed E-state index contributed by atoms with van der Waals surface area (Å²) in [6.45, 7) is 6.03. The Hall–Kier alpha value is 0.300. The Bertz CT molecular complexity index is 267. The van der Waals surface area contributed by atoms with Gasteiger partial charge in [-0.1, -0.05) is 39.5 Å². The third kappa shape index (κ3) is 9.95. The van der Waals surface area contributed by atoms with Crippen molar-refractivity contribution in [2.75, 3.05) is 6.61 Å². The lowest BCUT2D eigenvalue weighted by Crippen LogP contribution is -2.08. The molecule has 2 atom stereocenters. The summed E-state index contributed by atoms with van der Waals surface area (Å²) >= 11 is 0. The summed E-state index contributed by atoms with van der Waals surface area (Å²) in [5, 5.41) is 0. The summed E-state index contributed by atoms with van der Waals surface area (Å²) in [6.07, 6.45) is 6.64. The van der Waals surface area contributed by atoms with Crippen molar-refractivity contribution in [2.45, 2.75) is 65.0 Å². The van der Waals surface area contributed by atoms with Gasteiger partial charge in [0.05, 0.1) is 6.61 Å². The minimum Gasteiger partial charge on any atom is -0.248 e. The van der Waals surface area contributed by atoms with Crippen LogP contribution >= 0.6 is 8.81 Å². The van der Waals surface area contributed by atoms with Gasteiger partial charge < -0.3 is 0 Å². The third-order valence-electron chi connectivity index (χ3n) is 2.37. The highest BCUT2D eigenvalue weighted by atomic mass is 32.3. The second-order valence-electron chi connectivity index (χ2n) is 4.00. The first-order valence-electron chi connectivity index (χ1n) is 6.39. The molecule has 0 rings (SSSR count). The van der Waals surface area contributed by atoms with Crippen molar-refractivity contribution in [3.8, 4) is 0 Å². The molecular weight excluding hydrogens is 259 g/mol. The van der Waals surface area contributed by atoms with Gasteiger partial charge in [0.1, 0.15) is 0 Å². The van der Waals surface area contributed by atoms with E-state index in [2.05, 4.69) is 18.0 Å². The fourth-order valence-corrected chi connectivity index (χ4v) is 3.77. The fourth-order valence-electron chi connectivity index (χ4n) is 1.55. The van der Waals surface area contributed by atoms with E-state index in [1.54, 1.807) is 6.92 Å². The molecule has 4 nitrogen and oxygen atoms in total. The monoisotopic (exact) mass is 284 g/mol. The number of rotatable bonds is 11. The molecule has 0 saturated heterocycles. The SMILES string of the molecule is CCCCCC(CCC)POS(=O)(=O)OCC. The maximum absolute atomic E-state index is 11.2. The predicted molar refractivity (Wildman–Crippen MR) is 72.8 cm³/mol. The van der Waals surface area contributed by atoms with Crippen LogP contribution in [0.25, 0.3) is 0 Å². The van der Waals surface area contributed by atoms with E-state index in [0.29, 0.717) is 5.66 Å². The molecule has 0 aromatic carbocycles. The molecule has 0 N–H and O–H groups in total. The summed E-state index contributed by atoms with van der Waals surface area (Å²) in [7, 11) is -3.77. The molecule has 0 aromatic heterocycles. The number of hydrogen-bond acceptors (Lipinski definition) is 4. The Morgan fingerprint density at radius 2 is 1.76 bits per heavy atom. The van der Waals surface area contributed by atoms with Gasteiger partial charge >= 0.3 is 10.4 Å². The maximum Gasteiger partial charge on any atom is 0.402 e. The van der Waals surface area contributed by atoms with Crippen LogP contribution in [0.3, 0.4) is 0 Å². The summed E-state index contributed by atoms with van der Waals surface area (Å²) in [6, 6.07) is 0. The second-order valence-corrected chi connectivity index (χ2v) is 6.77. The van der Waals surface area contributed by atoms with Crippen LogP contribution in [0.4, 0.5) is 0 Å². The van der Waals surface area contributed by atoms with E-state index in [0.717, 1.165) is 25.7 Å². The Labute approximate surface area is 108 Å². The van der Waals surface area contributed by atoms with Gasteiger partial charge in [-0.2, -0.15) is 8.42 Å². The van der Waals surface area contributed by atoms with Crippen molar-refractivity contribution < 1.29 is 16.6 Å². The molecule has 104 valence electrons. The number of unbranched alkanes of at least 4 members (excludes halogenated alkanes) is 2. The molecule has 2 unspecified atom stereocenters. The van der Waals surface area contributed by atoms with Crippen LogP contribution in [0.5, 0.6) is 0 Å². The molecule has 0 saturated carbocycles. The standard InChI is InChI=1S/C11H25O4PS/c1-4-7-8-10-11(9-5-2)16-15-17(12,13)14-6-3/h11,16H,4-10H2,1-3H3. The van der Waals surface area contributed by atoms with Gasteiger partial charge in [-0.3, -0.25) is 0 Å². The van der Waals surface area contributed by atoms with Crippen molar-refractivity contribution in [3.05, 3.63) is 0 Å². The van der Waals surface area contributed by atoms with Gasteiger partial charge in [0.15, 0.2) is 0 Å². The van der Waals surface area contributed by atoms with Crippen molar-refractivity contribution in [1.29, 1.82) is 0 Å². The van der Waals surface area contributed by atoms with E-state index < -0.39 is 10.4 Å². The van der Waals surface area contributed by atoms with E-state index in [1.807, 2.05) is 0 Å². The Morgan fingerprint density at radius 3 is 2.29 bits per heavy atom. The first kappa shape index (κ1) is 17.3. The fraction of sp³-hybridized carbons (Fsp3) is 1.00. The molecule has 0 spiro atoms. The van der Waals surface area contributed by atoms with E-state index in [4.69, 9.17) is 3.97 Å². The van der Waals surface area contributed by atoms with E-state index in [-0.39, 0.29) is 15.4 Å². The molecule has 0 radical (unpaired) electrons. The topological polar surface area (TPSA) is 52.6 Å². The third-order valence-corrected chi connectivity index (χ3v) is 5.01. The van der Waals surface area contributed by atoms with Crippen LogP contribution in [0, 0.1) is 0 Å². The highest BCUT2D eigenvalue weighted by molar-refractivity contribution is 7.85. The Morgan fingerprint density at radius 1 is 1.06 bits per heavy atom. The Balaban J connectivity index is 3.98. The summed E-state index contributed by atoms with van der Waals surface area (Å²) in [4.78, 5) is 0. The molecule has 0 fully saturated rings. The predicted octanol–water partition coefficient (Wildman–Crippen LogP) is 3.63. The quantitative estimate of drug-likeness (QED) is 0.429. The highest BCUT2D eigenvalue weighted by Crippen LogP contribution is 2.31. The summed E-state index contributed by atoms with van der Waals surface area (Å²) in [5.74, 6) is 0. The van der Waals surface area contributed by atoms with Crippen molar-refractivity contribution in [1.82, 2.24) is 0 Å². The first-order chi connectivity index (χ1) is 8.05. The molecule has 0 aliphatic carbocycles. The second kappa shape index (κ2) is 10.2. The lowest BCUT2D eigenvalue weighted by molar-refractivity contribution is 0.294. The van der Waals surface area contributed by atoms with Gasteiger partial charge in [0.25, 0.3) is 0 Å². The largest absolute Gasteiger partial charge is 0.402 e. The lowest BCUT2D eigenvalue weighted by atomic mass is 10.1. The molecule has 0 aliphatic heterocycles. The van der Waals surface area contributed by atoms with Gasteiger partial charge in [0.2, 0.25) is 0 Å². The zero-order chi connectivity index (χ0) is 13.1.